The van der Waals surface area contributed by atoms with Crippen LogP contribution in [0.1, 0.15) is 22.5 Å². The number of benzene rings is 2. The Morgan fingerprint density at radius 3 is 2.50 bits per heavy atom. The first-order chi connectivity index (χ1) is 15.1. The third-order valence-electron chi connectivity index (χ3n) is 4.93. The molecule has 0 spiro atoms. The molecule has 1 N–H and O–H groups in total. The highest BCUT2D eigenvalue weighted by Crippen LogP contribution is 2.27. The van der Waals surface area contributed by atoms with Crippen molar-refractivity contribution < 1.29 is 13.2 Å². The second-order valence-electron chi connectivity index (χ2n) is 7.52. The van der Waals surface area contributed by atoms with Crippen LogP contribution in [0.4, 0.5) is 5.69 Å². The van der Waals surface area contributed by atoms with Crippen LogP contribution in [0.25, 0.3) is 5.69 Å². The van der Waals surface area contributed by atoms with E-state index in [2.05, 4.69) is 21.2 Å². The van der Waals surface area contributed by atoms with Crippen molar-refractivity contribution in [3.63, 3.8) is 0 Å². The Balaban J connectivity index is 1.75. The first-order valence-electron chi connectivity index (χ1n) is 9.88. The summed E-state index contributed by atoms with van der Waals surface area (Å²) in [5.74, 6) is -0.584. The van der Waals surface area contributed by atoms with Gasteiger partial charge < -0.3 is 4.57 Å². The SMILES string of the molecule is Cc1cccc(-n2c(C)cc(/C=N\NC(=O)CN(c3ccccc3Cl)S(C)(=O)=O)c2C)c1. The van der Waals surface area contributed by atoms with E-state index in [-0.39, 0.29) is 10.7 Å². The summed E-state index contributed by atoms with van der Waals surface area (Å²) in [4.78, 5) is 12.4. The maximum absolute atomic E-state index is 12.4. The number of hydrazone groups is 1. The lowest BCUT2D eigenvalue weighted by Crippen LogP contribution is -2.39. The Kier molecular flexibility index (Phi) is 7.06. The monoisotopic (exact) mass is 472 g/mol. The van der Waals surface area contributed by atoms with E-state index in [9.17, 15) is 13.2 Å². The van der Waals surface area contributed by atoms with Crippen molar-refractivity contribution in [2.24, 2.45) is 5.10 Å². The minimum Gasteiger partial charge on any atom is -0.318 e. The molecule has 0 fully saturated rings. The summed E-state index contributed by atoms with van der Waals surface area (Å²) in [5.41, 5.74) is 7.69. The second-order valence-corrected chi connectivity index (χ2v) is 9.83. The number of hydrogen-bond donors (Lipinski definition) is 1. The van der Waals surface area contributed by atoms with Crippen molar-refractivity contribution in [2.75, 3.05) is 17.1 Å². The van der Waals surface area contributed by atoms with Crippen LogP contribution in [-0.4, -0.2) is 37.9 Å². The van der Waals surface area contributed by atoms with Gasteiger partial charge in [0.2, 0.25) is 10.0 Å². The van der Waals surface area contributed by atoms with Crippen LogP contribution in [0.2, 0.25) is 5.02 Å². The van der Waals surface area contributed by atoms with Gasteiger partial charge in [-0.15, -0.1) is 0 Å². The van der Waals surface area contributed by atoms with Gasteiger partial charge in [-0.3, -0.25) is 9.10 Å². The quantitative estimate of drug-likeness (QED) is 0.417. The van der Waals surface area contributed by atoms with E-state index >= 15 is 0 Å². The van der Waals surface area contributed by atoms with Gasteiger partial charge in [0.25, 0.3) is 5.91 Å². The van der Waals surface area contributed by atoms with Crippen molar-refractivity contribution in [1.82, 2.24) is 9.99 Å². The van der Waals surface area contributed by atoms with Gasteiger partial charge in [-0.05, 0) is 56.7 Å². The minimum absolute atomic E-state index is 0.234. The molecule has 3 rings (SSSR count). The van der Waals surface area contributed by atoms with Crippen LogP contribution in [0.5, 0.6) is 0 Å². The largest absolute Gasteiger partial charge is 0.318 e. The van der Waals surface area contributed by atoms with E-state index in [0.29, 0.717) is 0 Å². The van der Waals surface area contributed by atoms with Gasteiger partial charge >= 0.3 is 0 Å². The molecule has 1 amide bonds. The maximum atomic E-state index is 12.4. The number of nitrogens with one attached hydrogen (secondary N) is 1. The van der Waals surface area contributed by atoms with E-state index in [1.54, 1.807) is 30.5 Å². The zero-order valence-electron chi connectivity index (χ0n) is 18.3. The number of carbonyl (C=O) groups is 1. The molecule has 0 radical (unpaired) electrons. The third-order valence-corrected chi connectivity index (χ3v) is 6.38. The molecule has 7 nitrogen and oxygen atoms in total. The summed E-state index contributed by atoms with van der Waals surface area (Å²) in [5, 5.41) is 4.26. The van der Waals surface area contributed by atoms with E-state index in [1.807, 2.05) is 45.0 Å². The summed E-state index contributed by atoms with van der Waals surface area (Å²) < 4.78 is 27.5. The van der Waals surface area contributed by atoms with Crippen LogP contribution in [0.15, 0.2) is 59.7 Å². The topological polar surface area (TPSA) is 83.8 Å². The predicted molar refractivity (Wildman–Crippen MR) is 129 cm³/mol. The fourth-order valence-corrected chi connectivity index (χ4v) is 4.61. The van der Waals surface area contributed by atoms with Crippen LogP contribution >= 0.6 is 11.6 Å². The normalized spacial score (nSPS) is 11.7. The fraction of sp³-hybridized carbons (Fsp3) is 0.217. The van der Waals surface area contributed by atoms with Crippen molar-refractivity contribution in [2.45, 2.75) is 20.8 Å². The van der Waals surface area contributed by atoms with Crippen LogP contribution in [0.3, 0.4) is 0 Å². The van der Waals surface area contributed by atoms with E-state index in [0.717, 1.165) is 38.8 Å². The van der Waals surface area contributed by atoms with Gasteiger partial charge in [0.05, 0.1) is 23.2 Å². The lowest BCUT2D eigenvalue weighted by molar-refractivity contribution is -0.119. The van der Waals surface area contributed by atoms with Gasteiger partial charge in [-0.25, -0.2) is 13.8 Å². The number of amides is 1. The second kappa shape index (κ2) is 9.58. The Morgan fingerprint density at radius 2 is 1.84 bits per heavy atom. The number of anilines is 1. The van der Waals surface area contributed by atoms with Crippen LogP contribution in [0, 0.1) is 20.8 Å². The predicted octanol–water partition coefficient (Wildman–Crippen LogP) is 3.97. The van der Waals surface area contributed by atoms with Crippen molar-refractivity contribution in [3.8, 4) is 5.69 Å². The Morgan fingerprint density at radius 1 is 1.12 bits per heavy atom. The first-order valence-corrected chi connectivity index (χ1v) is 12.1. The molecule has 1 aromatic heterocycles. The summed E-state index contributed by atoms with van der Waals surface area (Å²) in [7, 11) is -3.72. The van der Waals surface area contributed by atoms with Gasteiger partial charge in [0.15, 0.2) is 0 Å². The number of nitrogens with zero attached hydrogens (tertiary/aromatic N) is 3. The van der Waals surface area contributed by atoms with E-state index in [1.165, 1.54) is 0 Å². The smallest absolute Gasteiger partial charge is 0.260 e. The molecule has 0 saturated carbocycles. The van der Waals surface area contributed by atoms with Gasteiger partial charge in [0, 0.05) is 22.6 Å². The van der Waals surface area contributed by atoms with Crippen LogP contribution < -0.4 is 9.73 Å². The minimum atomic E-state index is -3.72. The van der Waals surface area contributed by atoms with E-state index < -0.39 is 22.5 Å². The Hall–Kier alpha value is -3.10. The van der Waals surface area contributed by atoms with Crippen LogP contribution in [-0.2, 0) is 14.8 Å². The molecule has 0 aliphatic heterocycles. The average molecular weight is 473 g/mol. The maximum Gasteiger partial charge on any atom is 0.260 e. The Bertz CT molecular complexity index is 1280. The number of sulfonamides is 1. The van der Waals surface area contributed by atoms with Gasteiger partial charge in [0.1, 0.15) is 6.54 Å². The standard InChI is InChI=1S/C23H25ClN4O3S/c1-16-8-7-9-20(12-16)28-17(2)13-19(18(28)3)14-25-26-23(29)15-27(32(4,30)31)22-11-6-5-10-21(22)24/h5-14H,15H2,1-4H3,(H,26,29)/b25-14-. The number of para-hydroxylation sites is 1. The molecule has 3 aromatic rings. The molecule has 0 bridgehead atoms. The number of aromatic nitrogens is 1. The molecular formula is C23H25ClN4O3S. The highest BCUT2D eigenvalue weighted by atomic mass is 35.5. The van der Waals surface area contributed by atoms with Gasteiger partial charge in [-0.2, -0.15) is 5.10 Å². The molecule has 32 heavy (non-hydrogen) atoms. The molecule has 0 unspecified atom stereocenters. The molecule has 0 aliphatic carbocycles. The highest BCUT2D eigenvalue weighted by Gasteiger charge is 2.22. The number of rotatable bonds is 7. The third kappa shape index (κ3) is 5.38. The molecular weight excluding hydrogens is 448 g/mol. The lowest BCUT2D eigenvalue weighted by Gasteiger charge is -2.22. The first kappa shape index (κ1) is 23.6. The fourth-order valence-electron chi connectivity index (χ4n) is 3.46. The zero-order valence-corrected chi connectivity index (χ0v) is 19.9. The number of carbonyl (C=O) groups excluding carboxylic acids is 1. The van der Waals surface area contributed by atoms with E-state index in [4.69, 9.17) is 11.6 Å². The molecule has 1 heterocycles. The molecule has 168 valence electrons. The van der Waals surface area contributed by atoms with Crippen molar-refractivity contribution in [1.29, 1.82) is 0 Å². The van der Waals surface area contributed by atoms with Crippen molar-refractivity contribution in [3.05, 3.63) is 82.1 Å². The Labute approximate surface area is 193 Å². The molecule has 0 aliphatic rings. The summed E-state index contributed by atoms with van der Waals surface area (Å²) in [6.45, 7) is 5.57. The van der Waals surface area contributed by atoms with Crippen molar-refractivity contribution >= 4 is 39.4 Å². The molecule has 2 aromatic carbocycles. The number of hydrogen-bond acceptors (Lipinski definition) is 4. The average Bonchev–Trinajstić information content (AvgIpc) is 2.99. The molecule has 0 saturated heterocycles. The van der Waals surface area contributed by atoms with Gasteiger partial charge in [-0.1, -0.05) is 35.9 Å². The zero-order chi connectivity index (χ0) is 23.5. The molecule has 0 atom stereocenters. The summed E-state index contributed by atoms with van der Waals surface area (Å²) in [6.07, 6.45) is 2.57. The summed E-state index contributed by atoms with van der Waals surface area (Å²) in [6, 6.07) is 16.6. The highest BCUT2D eigenvalue weighted by molar-refractivity contribution is 7.92. The number of aryl methyl sites for hydroxylation is 2. The summed E-state index contributed by atoms with van der Waals surface area (Å²) >= 11 is 6.12. The molecule has 9 heteroatoms. The lowest BCUT2D eigenvalue weighted by atomic mass is 10.2. The number of halogens is 1.